The van der Waals surface area contributed by atoms with E-state index in [9.17, 15) is 24.5 Å². The van der Waals surface area contributed by atoms with Crippen LogP contribution in [0.3, 0.4) is 0 Å². The molecule has 30 heavy (non-hydrogen) atoms. The minimum Gasteiger partial charge on any atom is -0.326 e. The number of aryl methyl sites for hydroxylation is 2. The average molecular weight is 409 g/mol. The van der Waals surface area contributed by atoms with Crippen LogP contribution in [-0.4, -0.2) is 34.1 Å². The third-order valence-corrected chi connectivity index (χ3v) is 4.96. The van der Waals surface area contributed by atoms with Gasteiger partial charge in [0.15, 0.2) is 0 Å². The van der Waals surface area contributed by atoms with Crippen molar-refractivity contribution in [3.8, 4) is 0 Å². The third-order valence-electron chi connectivity index (χ3n) is 4.96. The Hall–Kier alpha value is -3.55. The predicted molar refractivity (Wildman–Crippen MR) is 111 cm³/mol. The van der Waals surface area contributed by atoms with Gasteiger partial charge >= 0.3 is 0 Å². The lowest BCUT2D eigenvalue weighted by Crippen LogP contribution is -2.30. The van der Waals surface area contributed by atoms with E-state index in [1.54, 1.807) is 0 Å². The molecule has 2 aromatic rings. The van der Waals surface area contributed by atoms with Crippen molar-refractivity contribution in [1.29, 1.82) is 0 Å². The summed E-state index contributed by atoms with van der Waals surface area (Å²) in [5, 5.41) is 14.0. The molecule has 0 aliphatic carbocycles. The van der Waals surface area contributed by atoms with Crippen LogP contribution in [0.15, 0.2) is 36.4 Å². The summed E-state index contributed by atoms with van der Waals surface area (Å²) in [6, 6.07) is 9.91. The Balaban J connectivity index is 1.47. The fourth-order valence-corrected chi connectivity index (χ4v) is 3.67. The number of nitro groups is 1. The first kappa shape index (κ1) is 21.2. The lowest BCUT2D eigenvalue weighted by molar-refractivity contribution is -0.385. The van der Waals surface area contributed by atoms with Gasteiger partial charge in [-0.05, 0) is 56.0 Å². The summed E-state index contributed by atoms with van der Waals surface area (Å²) < 4.78 is 0. The Morgan fingerprint density at radius 2 is 1.73 bits per heavy atom. The molecule has 0 aromatic heterocycles. The van der Waals surface area contributed by atoms with Gasteiger partial charge in [0.05, 0.1) is 10.5 Å². The van der Waals surface area contributed by atoms with Crippen LogP contribution in [0.1, 0.15) is 57.5 Å². The number of hydrogen-bond donors (Lipinski definition) is 1. The molecule has 0 saturated carbocycles. The minimum absolute atomic E-state index is 0.0713. The summed E-state index contributed by atoms with van der Waals surface area (Å²) in [6.07, 6.45) is 2.12. The number of hydrogen-bond acceptors (Lipinski definition) is 5. The maximum Gasteiger partial charge on any atom is 0.282 e. The van der Waals surface area contributed by atoms with E-state index in [0.29, 0.717) is 25.7 Å². The highest BCUT2D eigenvalue weighted by Crippen LogP contribution is 2.30. The van der Waals surface area contributed by atoms with E-state index in [1.165, 1.54) is 18.2 Å². The molecule has 1 aliphatic rings. The van der Waals surface area contributed by atoms with Crippen molar-refractivity contribution in [3.05, 3.63) is 68.8 Å². The van der Waals surface area contributed by atoms with E-state index in [4.69, 9.17) is 0 Å². The Bertz CT molecular complexity index is 1010. The number of anilines is 1. The van der Waals surface area contributed by atoms with Crippen molar-refractivity contribution in [2.24, 2.45) is 0 Å². The Morgan fingerprint density at radius 1 is 1.03 bits per heavy atom. The molecule has 0 unspecified atom stereocenters. The fourth-order valence-electron chi connectivity index (χ4n) is 3.67. The lowest BCUT2D eigenvalue weighted by atomic mass is 10.1. The molecule has 8 nitrogen and oxygen atoms in total. The molecule has 3 rings (SSSR count). The molecule has 0 atom stereocenters. The number of nitrogens with zero attached hydrogens (tertiary/aromatic N) is 2. The van der Waals surface area contributed by atoms with Gasteiger partial charge in [-0.2, -0.15) is 0 Å². The second kappa shape index (κ2) is 8.86. The van der Waals surface area contributed by atoms with Gasteiger partial charge in [-0.3, -0.25) is 29.4 Å². The van der Waals surface area contributed by atoms with Gasteiger partial charge in [0.1, 0.15) is 5.56 Å². The summed E-state index contributed by atoms with van der Waals surface area (Å²) in [6.45, 7) is 4.11. The maximum absolute atomic E-state index is 12.5. The molecule has 1 N–H and O–H groups in total. The molecule has 0 spiro atoms. The number of unbranched alkanes of at least 4 members (excludes halogenated alkanes) is 2. The fraction of sp³-hybridized carbons (Fsp3) is 0.318. The maximum atomic E-state index is 12.5. The highest BCUT2D eigenvalue weighted by molar-refractivity contribution is 6.23. The summed E-state index contributed by atoms with van der Waals surface area (Å²) in [4.78, 5) is 48.6. The van der Waals surface area contributed by atoms with Crippen LogP contribution in [0, 0.1) is 24.0 Å². The number of imide groups is 1. The SMILES string of the molecule is Cc1cc(C)cc(NC(=O)CCCCCN2C(=O)c3cccc([N+](=O)[O-])c3C2=O)c1. The zero-order valence-electron chi connectivity index (χ0n) is 16.9. The van der Waals surface area contributed by atoms with Crippen molar-refractivity contribution in [2.45, 2.75) is 39.5 Å². The van der Waals surface area contributed by atoms with Crippen LogP contribution >= 0.6 is 0 Å². The van der Waals surface area contributed by atoms with E-state index in [-0.39, 0.29) is 29.3 Å². The zero-order valence-corrected chi connectivity index (χ0v) is 16.9. The second-order valence-corrected chi connectivity index (χ2v) is 7.45. The summed E-state index contributed by atoms with van der Waals surface area (Å²) in [5.41, 5.74) is 2.50. The number of carbonyl (C=O) groups is 3. The predicted octanol–water partition coefficient (Wildman–Crippen LogP) is 4.01. The number of carbonyl (C=O) groups excluding carboxylic acids is 3. The Labute approximate surface area is 174 Å². The monoisotopic (exact) mass is 409 g/mol. The molecule has 0 fully saturated rings. The molecule has 0 radical (unpaired) electrons. The quantitative estimate of drug-likeness (QED) is 0.307. The van der Waals surface area contributed by atoms with E-state index < -0.39 is 16.7 Å². The van der Waals surface area contributed by atoms with Gasteiger partial charge in [0, 0.05) is 24.7 Å². The van der Waals surface area contributed by atoms with Crippen molar-refractivity contribution in [2.75, 3.05) is 11.9 Å². The van der Waals surface area contributed by atoms with Gasteiger partial charge in [-0.15, -0.1) is 0 Å². The summed E-state index contributed by atoms with van der Waals surface area (Å²) >= 11 is 0. The van der Waals surface area contributed by atoms with Crippen LogP contribution in [-0.2, 0) is 4.79 Å². The van der Waals surface area contributed by atoms with Crippen molar-refractivity contribution < 1.29 is 19.3 Å². The zero-order chi connectivity index (χ0) is 21.8. The van der Waals surface area contributed by atoms with Gasteiger partial charge in [-0.1, -0.05) is 18.6 Å². The summed E-state index contributed by atoms with van der Waals surface area (Å²) in [7, 11) is 0. The first-order chi connectivity index (χ1) is 14.3. The number of benzene rings is 2. The largest absolute Gasteiger partial charge is 0.326 e. The average Bonchev–Trinajstić information content (AvgIpc) is 2.91. The standard InChI is InChI=1S/C22H23N3O5/c1-14-11-15(2)13-16(12-14)23-19(26)9-4-3-5-10-24-21(27)17-7-6-8-18(25(29)30)20(17)22(24)28/h6-8,11-13H,3-5,9-10H2,1-2H3,(H,23,26). The number of fused-ring (bicyclic) bond motifs is 1. The molecule has 1 heterocycles. The van der Waals surface area contributed by atoms with Gasteiger partial charge in [0.2, 0.25) is 5.91 Å². The first-order valence-electron chi connectivity index (χ1n) is 9.79. The molecule has 0 bridgehead atoms. The highest BCUT2D eigenvalue weighted by Gasteiger charge is 2.40. The van der Waals surface area contributed by atoms with Crippen LogP contribution in [0.5, 0.6) is 0 Å². The molecule has 1 aliphatic heterocycles. The number of rotatable bonds is 8. The number of amides is 3. The molecule has 8 heteroatoms. The molecule has 3 amide bonds. The van der Waals surface area contributed by atoms with E-state index in [1.807, 2.05) is 32.0 Å². The minimum atomic E-state index is -0.651. The Kier molecular flexibility index (Phi) is 6.25. The number of nitrogens with one attached hydrogen (secondary N) is 1. The van der Waals surface area contributed by atoms with Crippen molar-refractivity contribution >= 4 is 29.1 Å². The van der Waals surface area contributed by atoms with Gasteiger partial charge < -0.3 is 5.32 Å². The highest BCUT2D eigenvalue weighted by atomic mass is 16.6. The van der Waals surface area contributed by atoms with Gasteiger partial charge in [0.25, 0.3) is 17.5 Å². The smallest absolute Gasteiger partial charge is 0.282 e. The molecular formula is C22H23N3O5. The molecule has 0 saturated heterocycles. The second-order valence-electron chi connectivity index (χ2n) is 7.45. The van der Waals surface area contributed by atoms with E-state index >= 15 is 0 Å². The molecular weight excluding hydrogens is 386 g/mol. The van der Waals surface area contributed by atoms with Crippen LogP contribution in [0.4, 0.5) is 11.4 Å². The molecule has 156 valence electrons. The topological polar surface area (TPSA) is 110 Å². The van der Waals surface area contributed by atoms with E-state index in [0.717, 1.165) is 21.7 Å². The first-order valence-corrected chi connectivity index (χ1v) is 9.79. The van der Waals surface area contributed by atoms with Crippen LogP contribution in [0.25, 0.3) is 0 Å². The molecule has 2 aromatic carbocycles. The summed E-state index contributed by atoms with van der Waals surface area (Å²) in [5.74, 6) is -1.22. The van der Waals surface area contributed by atoms with Crippen LogP contribution < -0.4 is 5.32 Å². The van der Waals surface area contributed by atoms with Crippen LogP contribution in [0.2, 0.25) is 0 Å². The third kappa shape index (κ3) is 4.53. The van der Waals surface area contributed by atoms with Crippen molar-refractivity contribution in [3.63, 3.8) is 0 Å². The van der Waals surface area contributed by atoms with Gasteiger partial charge in [-0.25, -0.2) is 0 Å². The van der Waals surface area contributed by atoms with E-state index in [2.05, 4.69) is 5.32 Å². The normalized spacial score (nSPS) is 12.8. The Morgan fingerprint density at radius 3 is 2.40 bits per heavy atom. The number of nitro benzene ring substituents is 1. The van der Waals surface area contributed by atoms with Crippen molar-refractivity contribution in [1.82, 2.24) is 4.90 Å². The lowest BCUT2D eigenvalue weighted by Gasteiger charge is -2.13.